The Bertz CT molecular complexity index is 6040. The Labute approximate surface area is 847 Å². The molecule has 1 unspecified atom stereocenters. The topological polar surface area (TPSA) is 495 Å². The zero-order valence-corrected chi connectivity index (χ0v) is 81.2. The van der Waals surface area contributed by atoms with Gasteiger partial charge in [-0.3, -0.25) is 72.4 Å². The Morgan fingerprint density at radius 3 is 1.15 bits per heavy atom. The lowest BCUT2D eigenvalue weighted by Crippen LogP contribution is -2.55. The number of esters is 3. The van der Waals surface area contributed by atoms with Crippen LogP contribution in [0.25, 0.3) is 0 Å². The molecule has 9 saturated heterocycles. The molecule has 17 aliphatic rings. The van der Waals surface area contributed by atoms with E-state index in [0.29, 0.717) is 61.5 Å². The molecule has 147 heavy (non-hydrogen) atoms. The first-order chi connectivity index (χ1) is 70.3. The van der Waals surface area contributed by atoms with Crippen LogP contribution in [0.5, 0.6) is 0 Å². The summed E-state index contributed by atoms with van der Waals surface area (Å²) in [6, 6.07) is 25.5. The van der Waals surface area contributed by atoms with E-state index in [-0.39, 0.29) is 98.3 Å². The number of hydrogen-bond donors (Lipinski definition) is 5. The molecular weight excluding hydrogens is 1910 g/mol. The lowest BCUT2D eigenvalue weighted by molar-refractivity contribution is -0.246. The highest BCUT2D eigenvalue weighted by molar-refractivity contribution is 6.09. The van der Waals surface area contributed by atoms with Crippen molar-refractivity contribution in [3.05, 3.63) is 169 Å². The molecule has 0 aromatic heterocycles. The number of benzene rings is 3. The fourth-order valence-electron chi connectivity index (χ4n) is 21.3. The van der Waals surface area contributed by atoms with E-state index in [1.54, 1.807) is 97.9 Å². The largest absolute Gasteiger partial charge is 0.437 e. The first kappa shape index (κ1) is 108. The fourth-order valence-corrected chi connectivity index (χ4v) is 21.3. The maximum Gasteiger partial charge on any atom is 0.340 e. The van der Waals surface area contributed by atoms with Crippen molar-refractivity contribution in [3.63, 3.8) is 0 Å². The van der Waals surface area contributed by atoms with Crippen LogP contribution in [0.4, 0.5) is 0 Å². The molecule has 3 spiro atoms. The van der Waals surface area contributed by atoms with E-state index in [1.165, 1.54) is 68.7 Å². The number of hydrogen-bond acceptors (Lipinski definition) is 34. The summed E-state index contributed by atoms with van der Waals surface area (Å²) in [6.07, 6.45) is 44.3. The van der Waals surface area contributed by atoms with Crippen molar-refractivity contribution in [1.82, 2.24) is 24.5 Å². The molecule has 3 saturated carbocycles. The maximum absolute atomic E-state index is 12.7. The number of ketones is 5. The van der Waals surface area contributed by atoms with E-state index < -0.39 is 191 Å². The minimum absolute atomic E-state index is 0.239. The van der Waals surface area contributed by atoms with Crippen molar-refractivity contribution in [2.45, 2.75) is 306 Å². The normalized spacial score (nSPS) is 35.9. The highest BCUT2D eigenvalue weighted by atomic mass is 16.8. The predicted octanol–water partition coefficient (Wildman–Crippen LogP) is 4.71. The van der Waals surface area contributed by atoms with Crippen molar-refractivity contribution in [3.8, 4) is 74.1 Å². The van der Waals surface area contributed by atoms with Crippen molar-refractivity contribution < 1.29 is 164 Å². The van der Waals surface area contributed by atoms with Gasteiger partial charge in [-0.25, -0.2) is 14.4 Å². The number of carbonyl (C=O) groups is 14. The molecule has 5 amide bonds. The molecule has 774 valence electrons. The van der Waals surface area contributed by atoms with Crippen LogP contribution >= 0.6 is 0 Å². The van der Waals surface area contributed by atoms with Crippen molar-refractivity contribution in [2.24, 2.45) is 11.8 Å². The zero-order chi connectivity index (χ0) is 106. The molecule has 24 atom stereocenters. The lowest BCUT2D eigenvalue weighted by atomic mass is 9.85. The van der Waals surface area contributed by atoms with Crippen LogP contribution in [0.15, 0.2) is 152 Å². The summed E-state index contributed by atoms with van der Waals surface area (Å²) in [4.78, 5) is 174. The predicted molar refractivity (Wildman–Crippen MR) is 506 cm³/mol. The van der Waals surface area contributed by atoms with E-state index in [2.05, 4.69) is 29.6 Å². The highest BCUT2D eigenvalue weighted by Crippen LogP contribution is 2.59. The molecule has 3 aliphatic carbocycles. The summed E-state index contributed by atoms with van der Waals surface area (Å²) in [7, 11) is 0. The van der Waals surface area contributed by atoms with E-state index >= 15 is 0 Å². The van der Waals surface area contributed by atoms with Gasteiger partial charge >= 0.3 is 17.9 Å². The maximum atomic E-state index is 12.7. The third kappa shape index (κ3) is 20.2. The standard InChI is InChI=1S/C23H22O5.C21H21NO5.C18H21NO6.C17H19NO6.C17H17NO6.C12H13NO6/c1-4-19-16(3)23(5-2,28-21(25)18-14-10-7-11-15-18)22(26-19)27-20(24)17-12-8-6-9-13-17;1-4-17-14(3)21(5-2,27-19(25)15-9-7-6-8-10-15)20(26-17)22-12-11-16(23)13-18(22)24;1-3-18-14(23-17(25-18)7-4-5-8-17)16(2,11-20)24-15(18)19-9-6-12(21)10-13(19)22;2*1-2-17-14(23-16(24-17)6-3-4-7-16)12(10-19)22-15(17)18-8-5-11(20)9-13(18)21;1-2-12(18)10(17)8(6-14)19-11(12)13-4-3-7(15)5-9(13)16/h2,6-16,19,22H,4H2,1,3H3;2,6-12,14,17,20H,4,13H2,1,3H3;1,6,9,14-15,20H,4-5,7-8,10-11H2,2H3;1,5,8,12,14-15,19H,3-4,6-7,9-10H2;1,5,8,10,12,14-15H,3-4,6-7,9H2;1,3-4,8,10-11,14,17-18H,5-6H2/t16-,19-,22?,23-;14-,17-,20-,21-;14-,15-,16+,18-;2*12-,14-,15-,17-;8-,10-,11-,12-/m111111/s1. The van der Waals surface area contributed by atoms with Crippen LogP contribution < -0.4 is 0 Å². The van der Waals surface area contributed by atoms with Gasteiger partial charge in [0, 0.05) is 81.4 Å². The van der Waals surface area contributed by atoms with E-state index in [0.717, 1.165) is 68.5 Å². The van der Waals surface area contributed by atoms with Gasteiger partial charge in [0.2, 0.25) is 57.5 Å². The number of terminal acetylenes is 6. The van der Waals surface area contributed by atoms with Crippen molar-refractivity contribution in [1.29, 1.82) is 0 Å². The molecule has 20 rings (SSSR count). The Morgan fingerprint density at radius 2 is 0.762 bits per heavy atom. The second-order valence-electron chi connectivity index (χ2n) is 38.3. The monoisotopic (exact) mass is 2020 g/mol. The van der Waals surface area contributed by atoms with E-state index in [4.69, 9.17) is 115 Å². The number of ether oxygens (including phenoxy) is 15. The number of nitrogens with zero attached hydrogens (tertiary/aromatic N) is 5. The summed E-state index contributed by atoms with van der Waals surface area (Å²) in [5, 5.41) is 48.7. The Morgan fingerprint density at radius 1 is 0.415 bits per heavy atom. The number of fused-ring (bicyclic) bond motifs is 3. The van der Waals surface area contributed by atoms with Gasteiger partial charge < -0.3 is 101 Å². The number of aliphatic hydroxyl groups is 5. The highest BCUT2D eigenvalue weighted by Gasteiger charge is 2.76. The van der Waals surface area contributed by atoms with Crippen molar-refractivity contribution in [2.75, 3.05) is 19.8 Å². The van der Waals surface area contributed by atoms with Gasteiger partial charge in [-0.1, -0.05) is 118 Å². The van der Waals surface area contributed by atoms with Gasteiger partial charge in [-0.2, -0.15) is 0 Å². The second kappa shape index (κ2) is 43.7. The quantitative estimate of drug-likeness (QED) is 0.0401. The summed E-state index contributed by atoms with van der Waals surface area (Å²) in [5.41, 5.74) is -9.15. The molecule has 0 radical (unpaired) electrons. The molecule has 12 fully saturated rings. The summed E-state index contributed by atoms with van der Waals surface area (Å²) in [6.45, 7) is 8.05. The third-order valence-corrected chi connectivity index (χ3v) is 29.1. The van der Waals surface area contributed by atoms with Crippen LogP contribution in [0, 0.1) is 85.9 Å². The third-order valence-electron chi connectivity index (χ3n) is 29.1. The van der Waals surface area contributed by atoms with Crippen molar-refractivity contribution >= 4 is 82.6 Å². The van der Waals surface area contributed by atoms with Crippen LogP contribution in [0.3, 0.4) is 0 Å². The molecule has 3 aromatic carbocycles. The molecule has 39 nitrogen and oxygen atoms in total. The first-order valence-electron chi connectivity index (χ1n) is 48.4. The molecular formula is C108H113N5O34. The molecule has 3 aromatic rings. The van der Waals surface area contributed by atoms with Gasteiger partial charge in [0.25, 0.3) is 6.29 Å². The van der Waals surface area contributed by atoms with Crippen LogP contribution in [0.1, 0.15) is 188 Å². The fraction of sp³-hybridized carbons (Fsp3) is 0.500. The average molecular weight is 2030 g/mol. The minimum atomic E-state index is -2.15. The number of amides is 5. The minimum Gasteiger partial charge on any atom is -0.437 e. The number of carbonyl (C=O) groups excluding carboxylic acids is 14. The first-order valence-corrected chi connectivity index (χ1v) is 48.4. The molecule has 39 heteroatoms. The summed E-state index contributed by atoms with van der Waals surface area (Å²) in [5.74, 6) is 6.37. The average Bonchev–Trinajstić information content (AvgIpc) is 1.50. The number of rotatable bonds is 17. The van der Waals surface area contributed by atoms with Gasteiger partial charge in [0.15, 0.2) is 89.3 Å². The molecule has 5 N–H and O–H groups in total. The van der Waals surface area contributed by atoms with Gasteiger partial charge in [0.1, 0.15) is 48.3 Å². The second-order valence-corrected chi connectivity index (χ2v) is 38.3. The Hall–Kier alpha value is -13.2. The van der Waals surface area contributed by atoms with Gasteiger partial charge in [-0.15, -0.1) is 38.5 Å². The van der Waals surface area contributed by atoms with Crippen LogP contribution in [-0.2, 0) is 124 Å². The molecule has 14 aliphatic heterocycles. The zero-order valence-electron chi connectivity index (χ0n) is 81.2. The summed E-state index contributed by atoms with van der Waals surface area (Å²) < 4.78 is 89.0. The van der Waals surface area contributed by atoms with E-state index in [1.807, 2.05) is 33.6 Å². The van der Waals surface area contributed by atoms with Crippen LogP contribution in [0.2, 0.25) is 0 Å². The van der Waals surface area contributed by atoms with Gasteiger partial charge in [0.05, 0.1) is 80.8 Å². The van der Waals surface area contributed by atoms with E-state index in [9.17, 15) is 87.5 Å². The molecule has 0 bridgehead atoms. The Balaban J connectivity index is 0.000000133. The lowest BCUT2D eigenvalue weighted by Gasteiger charge is -2.37. The smallest absolute Gasteiger partial charge is 0.340 e. The number of allylic oxidation sites excluding steroid dienone is 5. The van der Waals surface area contributed by atoms with Gasteiger partial charge in [-0.05, 0) is 125 Å². The molecule has 14 heterocycles. The number of aldehydes is 1. The Kier molecular flexibility index (Phi) is 32.1. The number of aliphatic hydroxyl groups excluding tert-OH is 4. The summed E-state index contributed by atoms with van der Waals surface area (Å²) >= 11 is 0. The van der Waals surface area contributed by atoms with Crippen LogP contribution in [-0.4, -0.2) is 301 Å². The SMILES string of the molecule is C#C[C@@]1(O)[C@H](O)[C@@H](CO)O[C@H]1N1C=CC(=O)CC1=O.C#C[C@@]1(OC(=O)c2ccccc2)[C@H](C)[C@@H](CC)O[C@H]1N1C=CC(=O)CC1=O.C#C[C@@]12OC3(CCCC3)O[C@@H]1[C@@H](C=O)O[C@H]2N1C=CC(=O)CC1=O.C#C[C@@]12OC3(CCCC3)O[C@@H]1[C@@H](CO)O[C@H]2N1C=CC(=O)CC1=O.C#C[C@@]12OC3(CCCC3)O[C@@H]1[C@](C)(CO)O[C@H]2N1C=CC(=O)CC1=O.C#C[C@]1(OC(=O)c2ccccc2)C(OC(=O)c2ccccc2)O[C@H](CC)[C@H]1C.